The Morgan fingerprint density at radius 3 is 2.62 bits per heavy atom. The zero-order chi connectivity index (χ0) is 14.7. The van der Waals surface area contributed by atoms with Crippen LogP contribution in [0.25, 0.3) is 0 Å². The minimum Gasteiger partial charge on any atom is -0.370 e. The number of para-hydroxylation sites is 1. The molecule has 1 aromatic rings. The number of rotatable bonds is 5. The van der Waals surface area contributed by atoms with E-state index in [0.29, 0.717) is 19.6 Å². The standard InChI is InChI=1S/C15H23N3O2S/c19-21(20,18-10-4-1-5-11-18)16-9-13-17-12-8-14-6-2-3-7-15(14)17/h2-3,6-7,16H,1,4-5,8-13H2. The first kappa shape index (κ1) is 14.8. The maximum atomic E-state index is 12.2. The fraction of sp³-hybridized carbons (Fsp3) is 0.600. The van der Waals surface area contributed by atoms with Crippen LogP contribution in [0.4, 0.5) is 5.69 Å². The van der Waals surface area contributed by atoms with Crippen molar-refractivity contribution in [1.29, 1.82) is 0 Å². The van der Waals surface area contributed by atoms with Gasteiger partial charge in [0.2, 0.25) is 0 Å². The largest absolute Gasteiger partial charge is 0.370 e. The maximum Gasteiger partial charge on any atom is 0.279 e. The Balaban J connectivity index is 1.52. The average Bonchev–Trinajstić information content (AvgIpc) is 2.92. The molecule has 116 valence electrons. The monoisotopic (exact) mass is 309 g/mol. The van der Waals surface area contributed by atoms with Crippen molar-refractivity contribution < 1.29 is 8.42 Å². The normalized spacial score (nSPS) is 19.7. The molecule has 1 N–H and O–H groups in total. The van der Waals surface area contributed by atoms with Crippen molar-refractivity contribution >= 4 is 15.9 Å². The smallest absolute Gasteiger partial charge is 0.279 e. The summed E-state index contributed by atoms with van der Waals surface area (Å²) in [5.74, 6) is 0. The zero-order valence-electron chi connectivity index (χ0n) is 12.3. The molecule has 2 aliphatic heterocycles. The number of anilines is 1. The number of hydrogen-bond acceptors (Lipinski definition) is 3. The van der Waals surface area contributed by atoms with Gasteiger partial charge in [0, 0.05) is 38.4 Å². The number of fused-ring (bicyclic) bond motifs is 1. The summed E-state index contributed by atoms with van der Waals surface area (Å²) in [7, 11) is -3.30. The van der Waals surface area contributed by atoms with E-state index < -0.39 is 10.2 Å². The van der Waals surface area contributed by atoms with Crippen LogP contribution in [0.2, 0.25) is 0 Å². The van der Waals surface area contributed by atoms with Crippen molar-refractivity contribution in [1.82, 2.24) is 9.03 Å². The number of nitrogens with one attached hydrogen (secondary N) is 1. The summed E-state index contributed by atoms with van der Waals surface area (Å²) < 4.78 is 28.7. The second-order valence-electron chi connectivity index (χ2n) is 5.72. The first-order chi connectivity index (χ1) is 10.2. The van der Waals surface area contributed by atoms with Crippen molar-refractivity contribution in [2.75, 3.05) is 37.6 Å². The first-order valence-corrected chi connectivity index (χ1v) is 9.18. The molecular formula is C15H23N3O2S. The Kier molecular flexibility index (Phi) is 4.47. The summed E-state index contributed by atoms with van der Waals surface area (Å²) in [5.41, 5.74) is 2.60. The van der Waals surface area contributed by atoms with Gasteiger partial charge in [-0.05, 0) is 30.9 Å². The summed E-state index contributed by atoms with van der Waals surface area (Å²) in [5, 5.41) is 0. The third-order valence-corrected chi connectivity index (χ3v) is 5.92. The van der Waals surface area contributed by atoms with Gasteiger partial charge in [0.25, 0.3) is 10.2 Å². The molecule has 0 atom stereocenters. The van der Waals surface area contributed by atoms with Crippen LogP contribution < -0.4 is 9.62 Å². The molecule has 2 heterocycles. The molecule has 2 aliphatic rings. The van der Waals surface area contributed by atoms with Gasteiger partial charge in [-0.1, -0.05) is 24.6 Å². The van der Waals surface area contributed by atoms with E-state index in [0.717, 1.165) is 38.8 Å². The molecule has 1 saturated heterocycles. The lowest BCUT2D eigenvalue weighted by Gasteiger charge is -2.26. The lowest BCUT2D eigenvalue weighted by molar-refractivity contribution is 0.342. The van der Waals surface area contributed by atoms with Crippen LogP contribution in [-0.2, 0) is 16.6 Å². The molecular weight excluding hydrogens is 286 g/mol. The highest BCUT2D eigenvalue weighted by molar-refractivity contribution is 7.87. The molecule has 0 aliphatic carbocycles. The molecule has 5 nitrogen and oxygen atoms in total. The third kappa shape index (κ3) is 3.39. The zero-order valence-corrected chi connectivity index (χ0v) is 13.1. The minimum atomic E-state index is -3.30. The fourth-order valence-corrected chi connectivity index (χ4v) is 4.42. The predicted octanol–water partition coefficient (Wildman–Crippen LogP) is 1.37. The van der Waals surface area contributed by atoms with Gasteiger partial charge >= 0.3 is 0 Å². The summed E-state index contributed by atoms with van der Waals surface area (Å²) >= 11 is 0. The van der Waals surface area contributed by atoms with Crippen LogP contribution in [0, 0.1) is 0 Å². The maximum absolute atomic E-state index is 12.2. The van der Waals surface area contributed by atoms with Gasteiger partial charge in [0.15, 0.2) is 0 Å². The summed E-state index contributed by atoms with van der Waals surface area (Å²) in [4.78, 5) is 2.26. The van der Waals surface area contributed by atoms with E-state index >= 15 is 0 Å². The molecule has 6 heteroatoms. The van der Waals surface area contributed by atoms with E-state index in [1.807, 2.05) is 6.07 Å². The highest BCUT2D eigenvalue weighted by Gasteiger charge is 2.24. The molecule has 0 spiro atoms. The molecule has 1 aromatic carbocycles. The Labute approximate surface area is 127 Å². The van der Waals surface area contributed by atoms with Crippen molar-refractivity contribution in [3.63, 3.8) is 0 Å². The van der Waals surface area contributed by atoms with Crippen LogP contribution in [0.1, 0.15) is 24.8 Å². The van der Waals surface area contributed by atoms with Crippen molar-refractivity contribution in [2.24, 2.45) is 0 Å². The van der Waals surface area contributed by atoms with Crippen molar-refractivity contribution in [2.45, 2.75) is 25.7 Å². The predicted molar refractivity (Wildman–Crippen MR) is 84.7 cm³/mol. The second kappa shape index (κ2) is 6.34. The van der Waals surface area contributed by atoms with Gasteiger partial charge in [-0.2, -0.15) is 12.7 Å². The highest BCUT2D eigenvalue weighted by atomic mass is 32.2. The Hall–Kier alpha value is -1.11. The molecule has 0 radical (unpaired) electrons. The van der Waals surface area contributed by atoms with E-state index in [9.17, 15) is 8.42 Å². The molecule has 3 rings (SSSR count). The Morgan fingerprint density at radius 2 is 1.81 bits per heavy atom. The Morgan fingerprint density at radius 1 is 1.05 bits per heavy atom. The summed E-state index contributed by atoms with van der Waals surface area (Å²) in [6.45, 7) is 3.48. The third-order valence-electron chi connectivity index (χ3n) is 4.30. The Bertz CT molecular complexity index is 582. The SMILES string of the molecule is O=S(=O)(NCCN1CCc2ccccc21)N1CCCCC1. The molecule has 0 bridgehead atoms. The van der Waals surface area contributed by atoms with E-state index in [1.165, 1.54) is 11.3 Å². The molecule has 0 unspecified atom stereocenters. The number of piperidine rings is 1. The van der Waals surface area contributed by atoms with E-state index in [4.69, 9.17) is 0 Å². The first-order valence-electron chi connectivity index (χ1n) is 7.74. The van der Waals surface area contributed by atoms with Crippen LogP contribution in [0.3, 0.4) is 0 Å². The van der Waals surface area contributed by atoms with Crippen molar-refractivity contribution in [3.05, 3.63) is 29.8 Å². The fourth-order valence-electron chi connectivity index (χ4n) is 3.14. The average molecular weight is 309 g/mol. The number of nitrogens with zero attached hydrogens (tertiary/aromatic N) is 2. The number of hydrogen-bond donors (Lipinski definition) is 1. The number of benzene rings is 1. The van der Waals surface area contributed by atoms with E-state index in [1.54, 1.807) is 4.31 Å². The minimum absolute atomic E-state index is 0.465. The quantitative estimate of drug-likeness (QED) is 0.894. The highest BCUT2D eigenvalue weighted by Crippen LogP contribution is 2.26. The molecule has 1 fully saturated rings. The van der Waals surface area contributed by atoms with E-state index in [2.05, 4.69) is 27.8 Å². The van der Waals surface area contributed by atoms with Gasteiger partial charge in [-0.3, -0.25) is 0 Å². The van der Waals surface area contributed by atoms with Crippen LogP contribution >= 0.6 is 0 Å². The molecule has 0 amide bonds. The van der Waals surface area contributed by atoms with Crippen molar-refractivity contribution in [3.8, 4) is 0 Å². The second-order valence-corrected chi connectivity index (χ2v) is 7.48. The lowest BCUT2D eigenvalue weighted by atomic mass is 10.2. The molecule has 21 heavy (non-hydrogen) atoms. The van der Waals surface area contributed by atoms with Gasteiger partial charge < -0.3 is 4.90 Å². The molecule has 0 saturated carbocycles. The van der Waals surface area contributed by atoms with Gasteiger partial charge in [0.1, 0.15) is 0 Å². The van der Waals surface area contributed by atoms with E-state index in [-0.39, 0.29) is 0 Å². The molecule has 0 aromatic heterocycles. The van der Waals surface area contributed by atoms with Crippen LogP contribution in [0.15, 0.2) is 24.3 Å². The van der Waals surface area contributed by atoms with Crippen LogP contribution in [0.5, 0.6) is 0 Å². The summed E-state index contributed by atoms with van der Waals surface area (Å²) in [6, 6.07) is 8.35. The van der Waals surface area contributed by atoms with Gasteiger partial charge in [0.05, 0.1) is 0 Å². The topological polar surface area (TPSA) is 52.7 Å². The summed E-state index contributed by atoms with van der Waals surface area (Å²) in [6.07, 6.45) is 4.13. The van der Waals surface area contributed by atoms with Crippen LogP contribution in [-0.4, -0.2) is 45.4 Å². The van der Waals surface area contributed by atoms with Gasteiger partial charge in [-0.15, -0.1) is 0 Å². The van der Waals surface area contributed by atoms with Gasteiger partial charge in [-0.25, -0.2) is 4.72 Å². The lowest BCUT2D eigenvalue weighted by Crippen LogP contribution is -2.45.